The van der Waals surface area contributed by atoms with Gasteiger partial charge in [-0.25, -0.2) is 0 Å². The Balaban J connectivity index is 2.80. The van der Waals surface area contributed by atoms with E-state index < -0.39 is 0 Å². The van der Waals surface area contributed by atoms with Crippen molar-refractivity contribution in [3.63, 3.8) is 0 Å². The van der Waals surface area contributed by atoms with Gasteiger partial charge in [-0.1, -0.05) is 39.0 Å². The molecular weight excluding hydrogens is 222 g/mol. The van der Waals surface area contributed by atoms with E-state index in [9.17, 15) is 0 Å². The van der Waals surface area contributed by atoms with Crippen molar-refractivity contribution in [1.82, 2.24) is 0 Å². The highest BCUT2D eigenvalue weighted by atomic mass is 16.5. The molecule has 0 saturated heterocycles. The minimum Gasteiger partial charge on any atom is -0.379 e. The second kappa shape index (κ2) is 5.85. The first kappa shape index (κ1) is 15.2. The van der Waals surface area contributed by atoms with E-state index in [1.54, 1.807) is 7.11 Å². The van der Waals surface area contributed by atoms with E-state index in [0.29, 0.717) is 0 Å². The zero-order valence-corrected chi connectivity index (χ0v) is 12.6. The predicted molar refractivity (Wildman–Crippen MR) is 77.8 cm³/mol. The minimum absolute atomic E-state index is 0.0251. The van der Waals surface area contributed by atoms with Crippen LogP contribution in [0.25, 0.3) is 0 Å². The Hall–Kier alpha value is -0.860. The lowest BCUT2D eigenvalue weighted by molar-refractivity contribution is -0.00165. The summed E-state index contributed by atoms with van der Waals surface area (Å²) in [4.78, 5) is 0. The Morgan fingerprint density at radius 3 is 2.22 bits per heavy atom. The van der Waals surface area contributed by atoms with Crippen LogP contribution < -0.4 is 5.73 Å². The van der Waals surface area contributed by atoms with Crippen molar-refractivity contribution in [3.8, 4) is 0 Å². The molecule has 0 spiro atoms. The second-order valence-electron chi connectivity index (χ2n) is 6.31. The molecule has 0 saturated carbocycles. The van der Waals surface area contributed by atoms with Crippen LogP contribution in [0.3, 0.4) is 0 Å². The van der Waals surface area contributed by atoms with Crippen LogP contribution in [0, 0.1) is 19.3 Å². The predicted octanol–water partition coefficient (Wildman–Crippen LogP) is 3.23. The Kier molecular flexibility index (Phi) is 4.94. The first-order valence-corrected chi connectivity index (χ1v) is 6.60. The highest BCUT2D eigenvalue weighted by Gasteiger charge is 2.30. The van der Waals surface area contributed by atoms with E-state index in [1.807, 2.05) is 0 Å². The summed E-state index contributed by atoms with van der Waals surface area (Å²) in [7, 11) is 1.75. The molecule has 0 aliphatic rings. The fourth-order valence-electron chi connectivity index (χ4n) is 2.48. The van der Waals surface area contributed by atoms with Crippen molar-refractivity contribution < 1.29 is 4.74 Å². The molecule has 1 aromatic carbocycles. The van der Waals surface area contributed by atoms with Gasteiger partial charge < -0.3 is 10.5 Å². The number of nitrogens with two attached hydrogens (primary N) is 1. The summed E-state index contributed by atoms with van der Waals surface area (Å²) in [6.07, 6.45) is 0.927. The average molecular weight is 249 g/mol. The van der Waals surface area contributed by atoms with Crippen molar-refractivity contribution in [2.75, 3.05) is 7.11 Å². The molecule has 2 nitrogen and oxygen atoms in total. The van der Waals surface area contributed by atoms with Gasteiger partial charge in [0.05, 0.1) is 6.10 Å². The summed E-state index contributed by atoms with van der Waals surface area (Å²) < 4.78 is 5.58. The Morgan fingerprint density at radius 2 is 1.78 bits per heavy atom. The maximum Gasteiger partial charge on any atom is 0.0773 e. The Labute approximate surface area is 112 Å². The number of hydrogen-bond acceptors (Lipinski definition) is 2. The van der Waals surface area contributed by atoms with E-state index >= 15 is 0 Å². The molecule has 0 aliphatic carbocycles. The number of aryl methyl sites for hydroxylation is 2. The van der Waals surface area contributed by atoms with Gasteiger partial charge in [0.15, 0.2) is 0 Å². The lowest BCUT2D eigenvalue weighted by Gasteiger charge is -2.34. The summed E-state index contributed by atoms with van der Waals surface area (Å²) in [6.45, 7) is 10.8. The molecule has 0 aliphatic heterocycles. The third-order valence-electron chi connectivity index (χ3n) is 3.54. The molecule has 102 valence electrons. The Morgan fingerprint density at radius 1 is 1.17 bits per heavy atom. The van der Waals surface area contributed by atoms with Crippen LogP contribution in [0.1, 0.15) is 37.5 Å². The summed E-state index contributed by atoms with van der Waals surface area (Å²) >= 11 is 0. The van der Waals surface area contributed by atoms with Gasteiger partial charge in [-0.15, -0.1) is 0 Å². The molecule has 2 heteroatoms. The van der Waals surface area contributed by atoms with Gasteiger partial charge in [-0.2, -0.15) is 0 Å². The van der Waals surface area contributed by atoms with Crippen molar-refractivity contribution in [2.24, 2.45) is 11.1 Å². The minimum atomic E-state index is 0.0251. The molecule has 1 aromatic rings. The summed E-state index contributed by atoms with van der Waals surface area (Å²) in [5.74, 6) is 0. The monoisotopic (exact) mass is 249 g/mol. The SMILES string of the molecule is COC(C(N)Cc1ccc(C)c(C)c1)C(C)(C)C. The molecule has 0 fully saturated rings. The largest absolute Gasteiger partial charge is 0.379 e. The van der Waals surface area contributed by atoms with Crippen LogP contribution in [0.15, 0.2) is 18.2 Å². The number of rotatable bonds is 4. The molecule has 0 aromatic heterocycles. The van der Waals surface area contributed by atoms with Gasteiger partial charge in [-0.05, 0) is 42.4 Å². The van der Waals surface area contributed by atoms with Gasteiger partial charge in [0.1, 0.15) is 0 Å². The molecule has 0 bridgehead atoms. The average Bonchev–Trinajstić information content (AvgIpc) is 2.22. The molecule has 2 atom stereocenters. The van der Waals surface area contributed by atoms with E-state index in [4.69, 9.17) is 10.5 Å². The van der Waals surface area contributed by atoms with Crippen LogP contribution >= 0.6 is 0 Å². The topological polar surface area (TPSA) is 35.2 Å². The van der Waals surface area contributed by atoms with E-state index in [1.165, 1.54) is 16.7 Å². The normalized spacial score (nSPS) is 15.5. The van der Waals surface area contributed by atoms with E-state index in [0.717, 1.165) is 6.42 Å². The summed E-state index contributed by atoms with van der Waals surface area (Å²) in [6, 6.07) is 6.58. The van der Waals surface area contributed by atoms with Gasteiger partial charge in [0.25, 0.3) is 0 Å². The molecule has 1 rings (SSSR count). The van der Waals surface area contributed by atoms with Crippen molar-refractivity contribution >= 4 is 0 Å². The van der Waals surface area contributed by atoms with Crippen molar-refractivity contribution in [3.05, 3.63) is 34.9 Å². The highest BCUT2D eigenvalue weighted by Crippen LogP contribution is 2.25. The van der Waals surface area contributed by atoms with Gasteiger partial charge in [0.2, 0.25) is 0 Å². The van der Waals surface area contributed by atoms with E-state index in [2.05, 4.69) is 52.8 Å². The number of methoxy groups -OCH3 is 1. The number of hydrogen-bond donors (Lipinski definition) is 1. The maximum absolute atomic E-state index is 6.31. The molecule has 18 heavy (non-hydrogen) atoms. The van der Waals surface area contributed by atoms with Gasteiger partial charge >= 0.3 is 0 Å². The van der Waals surface area contributed by atoms with Crippen LogP contribution in [0.2, 0.25) is 0 Å². The molecule has 0 heterocycles. The van der Waals surface area contributed by atoms with E-state index in [-0.39, 0.29) is 17.6 Å². The zero-order valence-electron chi connectivity index (χ0n) is 12.6. The van der Waals surface area contributed by atoms with Crippen molar-refractivity contribution in [2.45, 2.75) is 53.2 Å². The third-order valence-corrected chi connectivity index (χ3v) is 3.54. The first-order chi connectivity index (χ1) is 8.25. The standard InChI is InChI=1S/C16H27NO/c1-11-7-8-13(9-12(11)2)10-14(17)15(18-6)16(3,4)5/h7-9,14-15H,10,17H2,1-6H3. The Bertz CT molecular complexity index is 393. The number of benzene rings is 1. The van der Waals surface area contributed by atoms with Gasteiger partial charge in [0, 0.05) is 13.2 Å². The molecule has 2 N–H and O–H groups in total. The highest BCUT2D eigenvalue weighted by molar-refractivity contribution is 5.30. The van der Waals surface area contributed by atoms with Crippen LogP contribution in [-0.2, 0) is 11.2 Å². The van der Waals surface area contributed by atoms with Gasteiger partial charge in [-0.3, -0.25) is 0 Å². The summed E-state index contributed by atoms with van der Waals surface area (Å²) in [5, 5.41) is 0. The second-order valence-corrected chi connectivity index (χ2v) is 6.31. The fraction of sp³-hybridized carbons (Fsp3) is 0.625. The lowest BCUT2D eigenvalue weighted by atomic mass is 9.82. The maximum atomic E-state index is 6.31. The molecular formula is C16H27NO. The molecule has 2 unspecified atom stereocenters. The third kappa shape index (κ3) is 3.82. The van der Waals surface area contributed by atoms with Crippen LogP contribution in [0.4, 0.5) is 0 Å². The quantitative estimate of drug-likeness (QED) is 0.889. The smallest absolute Gasteiger partial charge is 0.0773 e. The first-order valence-electron chi connectivity index (χ1n) is 6.60. The van der Waals surface area contributed by atoms with Crippen molar-refractivity contribution in [1.29, 1.82) is 0 Å². The van der Waals surface area contributed by atoms with Crippen LogP contribution in [0.5, 0.6) is 0 Å². The summed E-state index contributed by atoms with van der Waals surface area (Å²) in [5.41, 5.74) is 10.3. The fourth-order valence-corrected chi connectivity index (χ4v) is 2.48. The lowest BCUT2D eigenvalue weighted by Crippen LogP contribution is -2.46. The molecule has 0 amide bonds. The van der Waals surface area contributed by atoms with Crippen LogP contribution in [-0.4, -0.2) is 19.3 Å². The molecule has 0 radical (unpaired) electrons. The number of ether oxygens (including phenoxy) is 1. The zero-order chi connectivity index (χ0) is 13.9.